The molecule has 32 heavy (non-hydrogen) atoms. The van der Waals surface area contributed by atoms with Crippen LogP contribution in [0, 0.1) is 11.2 Å². The average Bonchev–Trinajstić information content (AvgIpc) is 3.44. The highest BCUT2D eigenvalue weighted by atomic mass is 32.2. The molecule has 3 aromatic rings. The van der Waals surface area contributed by atoms with Gasteiger partial charge in [-0.05, 0) is 66.4 Å². The molecule has 1 aromatic heterocycles. The van der Waals surface area contributed by atoms with Crippen molar-refractivity contribution in [1.29, 1.82) is 5.41 Å². The van der Waals surface area contributed by atoms with E-state index in [1.54, 1.807) is 31.4 Å². The molecule has 2 aliphatic rings. The highest BCUT2D eigenvalue weighted by Crippen LogP contribution is 2.32. The number of hydrogen-bond acceptors (Lipinski definition) is 5. The number of halogens is 1. The Bertz CT molecular complexity index is 1340. The van der Waals surface area contributed by atoms with Crippen LogP contribution in [0.15, 0.2) is 82.5 Å². The summed E-state index contributed by atoms with van der Waals surface area (Å²) < 4.78 is 21.3. The Labute approximate surface area is 187 Å². The number of hydrazone groups is 1. The number of rotatable bonds is 4. The van der Waals surface area contributed by atoms with Gasteiger partial charge in [0.2, 0.25) is 5.17 Å². The number of hydrogen-bond donors (Lipinski definition) is 1. The Morgan fingerprint density at radius 2 is 1.88 bits per heavy atom. The van der Waals surface area contributed by atoms with Crippen LogP contribution in [0.5, 0.6) is 5.75 Å². The van der Waals surface area contributed by atoms with Gasteiger partial charge in [0.15, 0.2) is 5.84 Å². The van der Waals surface area contributed by atoms with Crippen molar-refractivity contribution in [3.8, 4) is 11.4 Å². The molecule has 3 heterocycles. The Balaban J connectivity index is 1.49. The summed E-state index contributed by atoms with van der Waals surface area (Å²) in [4.78, 5) is 16.8. The fraction of sp³-hybridized carbons (Fsp3) is 0.0435. The van der Waals surface area contributed by atoms with Gasteiger partial charge < -0.3 is 9.30 Å². The number of aliphatic imine (C=N–C) groups is 1. The van der Waals surface area contributed by atoms with Crippen LogP contribution in [0.2, 0.25) is 0 Å². The first kappa shape index (κ1) is 20.0. The number of aromatic nitrogens is 1. The summed E-state index contributed by atoms with van der Waals surface area (Å²) in [5.74, 6) is -0.338. The van der Waals surface area contributed by atoms with Gasteiger partial charge in [-0.3, -0.25) is 10.2 Å². The molecule has 9 heteroatoms. The monoisotopic (exact) mass is 445 g/mol. The molecule has 0 atom stereocenters. The summed E-state index contributed by atoms with van der Waals surface area (Å²) in [5, 5.41) is 14.7. The number of benzene rings is 2. The number of nitrogens with zero attached hydrogens (tertiary/aromatic N) is 4. The zero-order chi connectivity index (χ0) is 22.2. The maximum atomic E-state index is 14.2. The smallest absolute Gasteiger partial charge is 0.283 e. The molecular formula is C23H16FN5O2S. The van der Waals surface area contributed by atoms with Gasteiger partial charge in [0.05, 0.1) is 12.7 Å². The van der Waals surface area contributed by atoms with Gasteiger partial charge in [-0.1, -0.05) is 12.1 Å². The second kappa shape index (κ2) is 7.93. The highest BCUT2D eigenvalue weighted by molar-refractivity contribution is 8.27. The van der Waals surface area contributed by atoms with Crippen molar-refractivity contribution in [2.24, 2.45) is 10.1 Å². The first-order valence-electron chi connectivity index (χ1n) is 9.62. The van der Waals surface area contributed by atoms with Crippen molar-refractivity contribution in [2.75, 3.05) is 7.11 Å². The van der Waals surface area contributed by atoms with Crippen LogP contribution in [-0.4, -0.2) is 38.6 Å². The van der Waals surface area contributed by atoms with Crippen molar-refractivity contribution in [3.05, 3.63) is 89.5 Å². The van der Waals surface area contributed by atoms with Crippen LogP contribution in [0.4, 0.5) is 4.39 Å². The lowest BCUT2D eigenvalue weighted by Crippen LogP contribution is -2.35. The second-order valence-corrected chi connectivity index (χ2v) is 7.86. The molecule has 0 unspecified atom stereocenters. The number of carbonyl (C=O) groups is 1. The van der Waals surface area contributed by atoms with Crippen molar-refractivity contribution < 1.29 is 13.9 Å². The molecule has 0 aliphatic carbocycles. The van der Waals surface area contributed by atoms with Crippen molar-refractivity contribution in [2.45, 2.75) is 0 Å². The first-order chi connectivity index (χ1) is 15.5. The third kappa shape index (κ3) is 3.42. The fourth-order valence-electron chi connectivity index (χ4n) is 3.37. The molecular weight excluding hydrogens is 429 g/mol. The third-order valence-electron chi connectivity index (χ3n) is 4.98. The zero-order valence-electron chi connectivity index (χ0n) is 16.8. The average molecular weight is 445 g/mol. The van der Waals surface area contributed by atoms with E-state index in [1.807, 2.05) is 47.2 Å². The largest absolute Gasteiger partial charge is 0.497 e. The number of methoxy groups -OCH3 is 1. The molecule has 158 valence electrons. The van der Waals surface area contributed by atoms with Crippen LogP contribution in [0.1, 0.15) is 11.3 Å². The minimum absolute atomic E-state index is 0.0985. The number of nitrogens with one attached hydrogen (secondary N) is 1. The molecule has 0 fully saturated rings. The summed E-state index contributed by atoms with van der Waals surface area (Å²) in [7, 11) is 1.60. The van der Waals surface area contributed by atoms with E-state index in [9.17, 15) is 9.18 Å². The number of thioether (sulfide) groups is 1. The van der Waals surface area contributed by atoms with Crippen LogP contribution in [0.3, 0.4) is 0 Å². The van der Waals surface area contributed by atoms with Crippen LogP contribution >= 0.6 is 11.8 Å². The highest BCUT2D eigenvalue weighted by Gasteiger charge is 2.36. The van der Waals surface area contributed by atoms with Gasteiger partial charge >= 0.3 is 0 Å². The molecule has 1 amide bonds. The predicted octanol–water partition coefficient (Wildman–Crippen LogP) is 4.29. The van der Waals surface area contributed by atoms with E-state index >= 15 is 0 Å². The summed E-state index contributed by atoms with van der Waals surface area (Å²) in [6.07, 6.45) is 3.47. The number of carbonyl (C=O) groups excluding carboxylic acids is 1. The zero-order valence-corrected chi connectivity index (χ0v) is 17.6. The van der Waals surface area contributed by atoms with E-state index in [4.69, 9.17) is 10.1 Å². The van der Waals surface area contributed by atoms with Gasteiger partial charge in [0.1, 0.15) is 16.6 Å². The first-order valence-corrected chi connectivity index (χ1v) is 10.4. The molecule has 0 bridgehead atoms. The lowest BCUT2D eigenvalue weighted by Gasteiger charge is -2.20. The molecule has 0 saturated heterocycles. The van der Waals surface area contributed by atoms with E-state index in [2.05, 4.69) is 10.1 Å². The van der Waals surface area contributed by atoms with Gasteiger partial charge in [-0.15, -0.1) is 0 Å². The van der Waals surface area contributed by atoms with E-state index in [1.165, 1.54) is 11.1 Å². The maximum Gasteiger partial charge on any atom is 0.283 e. The molecule has 2 aliphatic heterocycles. The standard InChI is InChI=1S/C23H16FN5O2S/c1-31-16-10-8-14(9-11-16)28-12-4-5-15(28)13-18-20(25)29-23(26-21(18)30)32-22(27-29)17-6-2-3-7-19(17)24/h2-13,25H,1H3/b18-13+,25-20?. The molecule has 0 radical (unpaired) electrons. The molecule has 1 N–H and O–H groups in total. The van der Waals surface area contributed by atoms with E-state index in [0.29, 0.717) is 16.3 Å². The van der Waals surface area contributed by atoms with Crippen molar-refractivity contribution in [1.82, 2.24) is 9.58 Å². The number of amides is 1. The predicted molar refractivity (Wildman–Crippen MR) is 123 cm³/mol. The minimum Gasteiger partial charge on any atom is -0.497 e. The van der Waals surface area contributed by atoms with E-state index < -0.39 is 11.7 Å². The molecule has 0 saturated carbocycles. The van der Waals surface area contributed by atoms with Crippen molar-refractivity contribution in [3.63, 3.8) is 0 Å². The van der Waals surface area contributed by atoms with Gasteiger partial charge in [0.25, 0.3) is 5.91 Å². The van der Waals surface area contributed by atoms with Gasteiger partial charge in [-0.2, -0.15) is 15.1 Å². The normalized spacial score (nSPS) is 16.8. The quantitative estimate of drug-likeness (QED) is 0.608. The van der Waals surface area contributed by atoms with Crippen molar-refractivity contribution >= 4 is 39.8 Å². The summed E-state index contributed by atoms with van der Waals surface area (Å²) in [6, 6.07) is 17.4. The summed E-state index contributed by atoms with van der Waals surface area (Å²) >= 11 is 1.06. The maximum absolute atomic E-state index is 14.2. The number of fused-ring (bicyclic) bond motifs is 1. The van der Waals surface area contributed by atoms with E-state index in [-0.39, 0.29) is 16.6 Å². The topological polar surface area (TPSA) is 83.0 Å². The van der Waals surface area contributed by atoms with E-state index in [0.717, 1.165) is 23.2 Å². The molecule has 0 spiro atoms. The Morgan fingerprint density at radius 3 is 2.62 bits per heavy atom. The second-order valence-electron chi connectivity index (χ2n) is 6.91. The molecule has 7 nitrogen and oxygen atoms in total. The Morgan fingerprint density at radius 1 is 1.09 bits per heavy atom. The minimum atomic E-state index is -0.541. The van der Waals surface area contributed by atoms with Gasteiger partial charge in [-0.25, -0.2) is 4.39 Å². The lowest BCUT2D eigenvalue weighted by atomic mass is 10.1. The van der Waals surface area contributed by atoms with Crippen LogP contribution in [0.25, 0.3) is 11.8 Å². The van der Waals surface area contributed by atoms with Gasteiger partial charge in [0, 0.05) is 23.1 Å². The lowest BCUT2D eigenvalue weighted by molar-refractivity contribution is -0.114. The SMILES string of the molecule is COc1ccc(-n2cccc2/C=C2\C(=N)N3N=C(c4ccccc4F)SC3=NC2=O)cc1. The Hall–Kier alpha value is -3.98. The number of ether oxygens (including phenoxy) is 1. The Kier molecular flexibility index (Phi) is 4.95. The summed E-state index contributed by atoms with van der Waals surface area (Å²) in [6.45, 7) is 0. The fourth-order valence-corrected chi connectivity index (χ4v) is 4.29. The molecule has 2 aromatic carbocycles. The summed E-state index contributed by atoms with van der Waals surface area (Å²) in [5.41, 5.74) is 1.97. The molecule has 5 rings (SSSR count). The third-order valence-corrected chi connectivity index (χ3v) is 5.92. The number of amidine groups is 2. The van der Waals surface area contributed by atoms with Crippen LogP contribution in [-0.2, 0) is 4.79 Å². The van der Waals surface area contributed by atoms with Crippen LogP contribution < -0.4 is 4.74 Å².